The van der Waals surface area contributed by atoms with E-state index < -0.39 is 17.8 Å². The van der Waals surface area contributed by atoms with Crippen molar-refractivity contribution in [3.63, 3.8) is 0 Å². The van der Waals surface area contributed by atoms with Crippen LogP contribution < -0.4 is 16.4 Å². The number of hydrogen-bond acceptors (Lipinski definition) is 6. The van der Waals surface area contributed by atoms with Crippen LogP contribution in [0.4, 0.5) is 5.00 Å². The van der Waals surface area contributed by atoms with Gasteiger partial charge in [-0.1, -0.05) is 60.7 Å². The fourth-order valence-corrected chi connectivity index (χ4v) is 4.96. The van der Waals surface area contributed by atoms with E-state index in [2.05, 4.69) is 10.6 Å². The van der Waals surface area contributed by atoms with Gasteiger partial charge in [0.1, 0.15) is 5.00 Å². The zero-order valence-corrected chi connectivity index (χ0v) is 21.0. The number of primary amides is 1. The highest BCUT2D eigenvalue weighted by atomic mass is 32.1. The molecule has 7 nitrogen and oxygen atoms in total. The molecule has 0 atom stereocenters. The van der Waals surface area contributed by atoms with E-state index in [1.807, 2.05) is 67.6 Å². The molecule has 9 heteroatoms. The van der Waals surface area contributed by atoms with Crippen molar-refractivity contribution >= 4 is 51.5 Å². The highest BCUT2D eigenvalue weighted by molar-refractivity contribution is 7.80. The van der Waals surface area contributed by atoms with Crippen LogP contribution in [0.2, 0.25) is 0 Å². The first-order valence-electron chi connectivity index (χ1n) is 11.1. The number of amides is 2. The highest BCUT2D eigenvalue weighted by Crippen LogP contribution is 2.34. The van der Waals surface area contributed by atoms with Crippen LogP contribution in [-0.4, -0.2) is 29.5 Å². The minimum absolute atomic E-state index is 0.0301. The van der Waals surface area contributed by atoms with Gasteiger partial charge in [0.15, 0.2) is 5.11 Å². The maximum atomic E-state index is 12.2. The molecule has 0 radical (unpaired) electrons. The SMILES string of the molecule is Cc1c(Cc2ccccc2)sc(NC(=S)NC(=O)CCC(=O)OCCc2ccccc2)c1C(N)=O. The second kappa shape index (κ2) is 12.8. The van der Waals surface area contributed by atoms with E-state index in [0.29, 0.717) is 23.4 Å². The quantitative estimate of drug-likeness (QED) is 0.280. The Kier molecular flexibility index (Phi) is 9.51. The van der Waals surface area contributed by atoms with Crippen molar-refractivity contribution in [1.82, 2.24) is 5.32 Å². The topological polar surface area (TPSA) is 111 Å². The van der Waals surface area contributed by atoms with Crippen LogP contribution in [0.15, 0.2) is 60.7 Å². The van der Waals surface area contributed by atoms with Crippen molar-refractivity contribution in [2.24, 2.45) is 5.73 Å². The lowest BCUT2D eigenvalue weighted by molar-refractivity contribution is -0.144. The molecule has 2 amide bonds. The second-order valence-electron chi connectivity index (χ2n) is 7.84. The molecule has 2 aromatic carbocycles. The molecule has 0 unspecified atom stereocenters. The number of nitrogens with two attached hydrogens (primary N) is 1. The number of benzene rings is 2. The third-order valence-corrected chi connectivity index (χ3v) is 6.64. The van der Waals surface area contributed by atoms with Crippen LogP contribution in [0.1, 0.15) is 44.8 Å². The Balaban J connectivity index is 1.49. The number of thiocarbonyl (C=S) groups is 1. The summed E-state index contributed by atoms with van der Waals surface area (Å²) in [6.07, 6.45) is 1.12. The van der Waals surface area contributed by atoms with E-state index in [1.54, 1.807) is 0 Å². The van der Waals surface area contributed by atoms with Gasteiger partial charge in [-0.15, -0.1) is 11.3 Å². The van der Waals surface area contributed by atoms with Gasteiger partial charge >= 0.3 is 5.97 Å². The summed E-state index contributed by atoms with van der Waals surface area (Å²) >= 11 is 6.61. The van der Waals surface area contributed by atoms with Crippen molar-refractivity contribution < 1.29 is 19.1 Å². The number of rotatable bonds is 10. The Morgan fingerprint density at radius 1 is 0.971 bits per heavy atom. The van der Waals surface area contributed by atoms with Gasteiger partial charge in [-0.2, -0.15) is 0 Å². The molecule has 0 bridgehead atoms. The molecular formula is C26H27N3O4S2. The summed E-state index contributed by atoms with van der Waals surface area (Å²) in [4.78, 5) is 37.2. The average Bonchev–Trinajstić information content (AvgIpc) is 3.13. The van der Waals surface area contributed by atoms with Crippen LogP contribution in [-0.2, 0) is 27.2 Å². The molecule has 0 saturated heterocycles. The molecule has 0 fully saturated rings. The summed E-state index contributed by atoms with van der Waals surface area (Å²) in [5, 5.41) is 5.96. The summed E-state index contributed by atoms with van der Waals surface area (Å²) in [5.41, 5.74) is 8.90. The highest BCUT2D eigenvalue weighted by Gasteiger charge is 2.21. The first kappa shape index (κ1) is 26.1. The molecule has 0 saturated carbocycles. The van der Waals surface area contributed by atoms with Crippen LogP contribution >= 0.6 is 23.6 Å². The predicted molar refractivity (Wildman–Crippen MR) is 142 cm³/mol. The molecule has 3 aromatic rings. The molecule has 0 aliphatic carbocycles. The zero-order valence-electron chi connectivity index (χ0n) is 19.3. The number of ether oxygens (including phenoxy) is 1. The van der Waals surface area contributed by atoms with Crippen molar-refractivity contribution in [1.29, 1.82) is 0 Å². The Morgan fingerprint density at radius 2 is 1.60 bits per heavy atom. The van der Waals surface area contributed by atoms with E-state index in [9.17, 15) is 14.4 Å². The van der Waals surface area contributed by atoms with E-state index in [-0.39, 0.29) is 24.6 Å². The van der Waals surface area contributed by atoms with E-state index in [1.165, 1.54) is 11.3 Å². The van der Waals surface area contributed by atoms with Crippen molar-refractivity contribution in [3.05, 3.63) is 87.8 Å². The largest absolute Gasteiger partial charge is 0.465 e. The van der Waals surface area contributed by atoms with Crippen molar-refractivity contribution in [2.75, 3.05) is 11.9 Å². The fraction of sp³-hybridized carbons (Fsp3) is 0.231. The maximum absolute atomic E-state index is 12.2. The molecule has 3 rings (SSSR count). The lowest BCUT2D eigenvalue weighted by atomic mass is 10.1. The number of carbonyl (C=O) groups is 3. The number of anilines is 1. The second-order valence-corrected chi connectivity index (χ2v) is 9.35. The Bertz CT molecular complexity index is 1190. The van der Waals surface area contributed by atoms with Gasteiger partial charge in [0.05, 0.1) is 18.6 Å². The van der Waals surface area contributed by atoms with Crippen LogP contribution in [0.25, 0.3) is 0 Å². The van der Waals surface area contributed by atoms with Crippen molar-refractivity contribution in [2.45, 2.75) is 32.6 Å². The van der Waals surface area contributed by atoms with Gasteiger partial charge in [-0.3, -0.25) is 14.4 Å². The van der Waals surface area contributed by atoms with Gasteiger partial charge in [-0.05, 0) is 35.8 Å². The van der Waals surface area contributed by atoms with Crippen LogP contribution in [0.3, 0.4) is 0 Å². The average molecular weight is 510 g/mol. The third kappa shape index (κ3) is 8.01. The molecule has 182 valence electrons. The molecule has 0 spiro atoms. The van der Waals surface area contributed by atoms with Gasteiger partial charge in [-0.25, -0.2) is 0 Å². The van der Waals surface area contributed by atoms with Gasteiger partial charge < -0.3 is 21.1 Å². The molecular weight excluding hydrogens is 482 g/mol. The summed E-state index contributed by atoms with van der Waals surface area (Å²) in [7, 11) is 0. The van der Waals surface area contributed by atoms with Gasteiger partial charge in [0.25, 0.3) is 5.91 Å². The van der Waals surface area contributed by atoms with Crippen molar-refractivity contribution in [3.8, 4) is 0 Å². The predicted octanol–water partition coefficient (Wildman–Crippen LogP) is 4.13. The number of carbonyl (C=O) groups excluding carboxylic acids is 3. The summed E-state index contributed by atoms with van der Waals surface area (Å²) in [6, 6.07) is 19.5. The molecule has 0 aliphatic rings. The molecule has 35 heavy (non-hydrogen) atoms. The number of thiophene rings is 1. The van der Waals surface area contributed by atoms with E-state index >= 15 is 0 Å². The van der Waals surface area contributed by atoms with Crippen LogP contribution in [0.5, 0.6) is 0 Å². The lowest BCUT2D eigenvalue weighted by Gasteiger charge is -2.09. The first-order valence-corrected chi connectivity index (χ1v) is 12.3. The summed E-state index contributed by atoms with van der Waals surface area (Å²) < 4.78 is 5.19. The molecule has 1 aromatic heterocycles. The Labute approximate surface area is 213 Å². The van der Waals surface area contributed by atoms with Crippen LogP contribution in [0, 0.1) is 6.92 Å². The minimum Gasteiger partial charge on any atom is -0.465 e. The normalized spacial score (nSPS) is 10.4. The smallest absolute Gasteiger partial charge is 0.306 e. The number of nitrogens with one attached hydrogen (secondary N) is 2. The zero-order chi connectivity index (χ0) is 25.2. The monoisotopic (exact) mass is 509 g/mol. The van der Waals surface area contributed by atoms with E-state index in [4.69, 9.17) is 22.7 Å². The first-order chi connectivity index (χ1) is 16.8. The lowest BCUT2D eigenvalue weighted by Crippen LogP contribution is -2.34. The Hall–Kier alpha value is -3.56. The van der Waals surface area contributed by atoms with E-state index in [0.717, 1.165) is 21.6 Å². The van der Waals surface area contributed by atoms with Gasteiger partial charge in [0.2, 0.25) is 5.91 Å². The molecule has 0 aliphatic heterocycles. The fourth-order valence-electron chi connectivity index (χ4n) is 3.43. The third-order valence-electron chi connectivity index (χ3n) is 5.23. The van der Waals surface area contributed by atoms with Gasteiger partial charge in [0, 0.05) is 24.1 Å². The maximum Gasteiger partial charge on any atom is 0.306 e. The molecule has 1 heterocycles. The summed E-state index contributed by atoms with van der Waals surface area (Å²) in [5.74, 6) is -1.46. The Morgan fingerprint density at radius 3 is 2.23 bits per heavy atom. The minimum atomic E-state index is -0.576. The number of hydrogen-bond donors (Lipinski definition) is 3. The summed E-state index contributed by atoms with van der Waals surface area (Å²) in [6.45, 7) is 2.09. The number of esters is 1. The molecule has 4 N–H and O–H groups in total. The standard InChI is InChI=1S/C26H27N3O4S2/c1-17-20(16-19-10-6-3-7-11-19)35-25(23(17)24(27)32)29-26(34)28-21(30)12-13-22(31)33-15-14-18-8-4-2-5-9-18/h2-11H,12-16H2,1H3,(H2,27,32)(H2,28,29,30,34).